The maximum atomic E-state index is 13.0. The van der Waals surface area contributed by atoms with Gasteiger partial charge in [0.15, 0.2) is 22.8 Å². The minimum atomic E-state index is -0.770. The highest BCUT2D eigenvalue weighted by Gasteiger charge is 2.37. The average molecular weight is 425 g/mol. The number of carbonyl (C=O) groups excluding carboxylic acids is 2. The molecule has 3 rings (SSSR count). The molecule has 31 heavy (non-hydrogen) atoms. The third kappa shape index (κ3) is 4.63. The molecule has 1 N–H and O–H groups in total. The Morgan fingerprint density at radius 2 is 1.65 bits per heavy atom. The summed E-state index contributed by atoms with van der Waals surface area (Å²) in [7, 11) is 4.50. The van der Waals surface area contributed by atoms with Crippen LogP contribution in [0.2, 0.25) is 0 Å². The number of para-hydroxylation sites is 1. The molecule has 0 radical (unpaired) electrons. The first-order valence-corrected chi connectivity index (χ1v) is 9.50. The van der Waals surface area contributed by atoms with Crippen LogP contribution >= 0.6 is 0 Å². The highest BCUT2D eigenvalue weighted by atomic mass is 16.5. The van der Waals surface area contributed by atoms with E-state index in [1.165, 1.54) is 27.4 Å². The van der Waals surface area contributed by atoms with E-state index in [9.17, 15) is 9.59 Å². The summed E-state index contributed by atoms with van der Waals surface area (Å²) in [6.45, 7) is 1.78. The van der Waals surface area contributed by atoms with E-state index in [0.29, 0.717) is 28.5 Å². The van der Waals surface area contributed by atoms with Crippen molar-refractivity contribution in [2.24, 2.45) is 0 Å². The lowest BCUT2D eigenvalue weighted by Crippen LogP contribution is -2.16. The topological polar surface area (TPSA) is 92.3 Å². The number of benzene rings is 2. The Bertz CT molecular complexity index is 1040. The molecule has 0 fully saturated rings. The van der Waals surface area contributed by atoms with Crippen molar-refractivity contribution < 1.29 is 33.3 Å². The minimum absolute atomic E-state index is 0.000318. The van der Waals surface area contributed by atoms with E-state index in [-0.39, 0.29) is 23.8 Å². The van der Waals surface area contributed by atoms with Gasteiger partial charge in [-0.2, -0.15) is 0 Å². The Balaban J connectivity index is 2.01. The molecule has 0 unspecified atom stereocenters. The van der Waals surface area contributed by atoms with Gasteiger partial charge >= 0.3 is 5.97 Å². The summed E-state index contributed by atoms with van der Waals surface area (Å²) in [5.74, 6) is -0.0860. The number of rotatable bonds is 8. The van der Waals surface area contributed by atoms with Crippen LogP contribution in [0.15, 0.2) is 59.7 Å². The van der Waals surface area contributed by atoms with Gasteiger partial charge in [0.05, 0.1) is 27.9 Å². The van der Waals surface area contributed by atoms with E-state index in [4.69, 9.17) is 23.7 Å². The van der Waals surface area contributed by atoms with Gasteiger partial charge in [-0.05, 0) is 31.2 Å². The van der Waals surface area contributed by atoms with Crippen LogP contribution in [-0.2, 0) is 19.1 Å². The lowest BCUT2D eigenvalue weighted by molar-refractivity contribution is -0.139. The number of allylic oxidation sites excluding steroid dienone is 1. The van der Waals surface area contributed by atoms with E-state index < -0.39 is 11.8 Å². The van der Waals surface area contributed by atoms with E-state index in [2.05, 4.69) is 5.32 Å². The number of hydrogen-bond acceptors (Lipinski definition) is 8. The zero-order valence-corrected chi connectivity index (χ0v) is 17.7. The fraction of sp³-hybridized carbons (Fsp3) is 0.217. The molecular formula is C23H23NO7. The standard InChI is InChI=1S/C23H23NO7/c1-5-30-23(26)20-21(25)19(31-22(20)24-15-9-7-6-8-10-15)12-14-11-17(28-3)18(29-4)13-16(14)27-2/h6-13,24H,5H2,1-4H3. The van der Waals surface area contributed by atoms with Gasteiger partial charge in [-0.25, -0.2) is 4.79 Å². The molecule has 0 aromatic heterocycles. The minimum Gasteiger partial charge on any atom is -0.496 e. The van der Waals surface area contributed by atoms with Crippen LogP contribution in [0.1, 0.15) is 12.5 Å². The van der Waals surface area contributed by atoms with Crippen LogP contribution in [0.3, 0.4) is 0 Å². The summed E-state index contributed by atoms with van der Waals surface area (Å²) in [6.07, 6.45) is 1.47. The molecule has 2 aromatic carbocycles. The predicted octanol–water partition coefficient (Wildman–Crippen LogP) is 3.54. The van der Waals surface area contributed by atoms with Gasteiger partial charge in [0.2, 0.25) is 11.7 Å². The lowest BCUT2D eigenvalue weighted by Gasteiger charge is -2.12. The Morgan fingerprint density at radius 1 is 1.00 bits per heavy atom. The molecule has 2 aromatic rings. The first-order valence-electron chi connectivity index (χ1n) is 9.50. The molecule has 1 aliphatic heterocycles. The molecule has 1 heterocycles. The summed E-state index contributed by atoms with van der Waals surface area (Å²) in [4.78, 5) is 25.5. The second-order valence-corrected chi connectivity index (χ2v) is 6.30. The first kappa shape index (κ1) is 21.8. The number of hydrogen-bond donors (Lipinski definition) is 1. The summed E-state index contributed by atoms with van der Waals surface area (Å²) in [5.41, 5.74) is 0.945. The molecule has 162 valence electrons. The van der Waals surface area contributed by atoms with Crippen LogP contribution < -0.4 is 19.5 Å². The summed E-state index contributed by atoms with van der Waals surface area (Å²) in [5, 5.41) is 2.96. The Labute approximate surface area is 180 Å². The molecule has 8 nitrogen and oxygen atoms in total. The highest BCUT2D eigenvalue weighted by Crippen LogP contribution is 2.37. The second kappa shape index (κ2) is 9.71. The summed E-state index contributed by atoms with van der Waals surface area (Å²) < 4.78 is 26.8. The van der Waals surface area contributed by atoms with Crippen LogP contribution in [0.25, 0.3) is 6.08 Å². The molecular weight excluding hydrogens is 402 g/mol. The monoisotopic (exact) mass is 425 g/mol. The number of esters is 1. The molecule has 0 atom stereocenters. The Morgan fingerprint density at radius 3 is 2.26 bits per heavy atom. The molecule has 8 heteroatoms. The van der Waals surface area contributed by atoms with Gasteiger partial charge in [-0.3, -0.25) is 4.79 Å². The molecule has 0 spiro atoms. The van der Waals surface area contributed by atoms with Crippen molar-refractivity contribution in [3.63, 3.8) is 0 Å². The zero-order valence-electron chi connectivity index (χ0n) is 17.7. The number of anilines is 1. The van der Waals surface area contributed by atoms with E-state index in [0.717, 1.165) is 0 Å². The normalized spacial score (nSPS) is 14.3. The van der Waals surface area contributed by atoms with Crippen LogP contribution in [0.4, 0.5) is 5.69 Å². The largest absolute Gasteiger partial charge is 0.496 e. The Kier molecular flexibility index (Phi) is 6.81. The molecule has 0 saturated carbocycles. The number of ether oxygens (including phenoxy) is 5. The molecule has 0 saturated heterocycles. The number of carbonyl (C=O) groups is 2. The van der Waals surface area contributed by atoms with Gasteiger partial charge in [0.1, 0.15) is 5.75 Å². The van der Waals surface area contributed by atoms with Crippen molar-refractivity contribution in [3.8, 4) is 17.2 Å². The van der Waals surface area contributed by atoms with E-state index in [1.54, 1.807) is 31.2 Å². The van der Waals surface area contributed by atoms with Crippen LogP contribution in [-0.4, -0.2) is 39.7 Å². The van der Waals surface area contributed by atoms with Crippen LogP contribution in [0.5, 0.6) is 17.2 Å². The zero-order chi connectivity index (χ0) is 22.4. The Hall–Kier alpha value is -3.94. The first-order chi connectivity index (χ1) is 15.0. The third-order valence-corrected chi connectivity index (χ3v) is 4.42. The van der Waals surface area contributed by atoms with Gasteiger partial charge in [0.25, 0.3) is 0 Å². The third-order valence-electron chi connectivity index (χ3n) is 4.42. The fourth-order valence-corrected chi connectivity index (χ4v) is 2.96. The quantitative estimate of drug-likeness (QED) is 0.390. The SMILES string of the molecule is CCOC(=O)C1=C(Nc2ccccc2)OC(=Cc2cc(OC)c(OC)cc2OC)C1=O. The van der Waals surface area contributed by atoms with Crippen molar-refractivity contribution >= 4 is 23.5 Å². The number of nitrogens with one attached hydrogen (secondary N) is 1. The van der Waals surface area contributed by atoms with Gasteiger partial charge in [-0.15, -0.1) is 0 Å². The summed E-state index contributed by atoms with van der Waals surface area (Å²) >= 11 is 0. The van der Waals surface area contributed by atoms with Crippen molar-refractivity contribution in [1.82, 2.24) is 0 Å². The molecule has 0 bridgehead atoms. The lowest BCUT2D eigenvalue weighted by atomic mass is 10.1. The maximum Gasteiger partial charge on any atom is 0.347 e. The number of methoxy groups -OCH3 is 3. The van der Waals surface area contributed by atoms with Crippen molar-refractivity contribution in [1.29, 1.82) is 0 Å². The average Bonchev–Trinajstić information content (AvgIpc) is 3.08. The number of ketones is 1. The highest BCUT2D eigenvalue weighted by molar-refractivity contribution is 6.26. The van der Waals surface area contributed by atoms with Crippen molar-refractivity contribution in [2.45, 2.75) is 6.92 Å². The molecule has 1 aliphatic rings. The predicted molar refractivity (Wildman–Crippen MR) is 114 cm³/mol. The fourth-order valence-electron chi connectivity index (χ4n) is 2.96. The summed E-state index contributed by atoms with van der Waals surface area (Å²) in [6, 6.07) is 12.3. The second-order valence-electron chi connectivity index (χ2n) is 6.30. The molecule has 0 amide bonds. The van der Waals surface area contributed by atoms with E-state index >= 15 is 0 Å². The van der Waals surface area contributed by atoms with Crippen LogP contribution in [0, 0.1) is 0 Å². The van der Waals surface area contributed by atoms with Gasteiger partial charge < -0.3 is 29.0 Å². The smallest absolute Gasteiger partial charge is 0.347 e. The van der Waals surface area contributed by atoms with Gasteiger partial charge in [-0.1, -0.05) is 18.2 Å². The maximum absolute atomic E-state index is 13.0. The van der Waals surface area contributed by atoms with Crippen molar-refractivity contribution in [2.75, 3.05) is 33.3 Å². The van der Waals surface area contributed by atoms with Gasteiger partial charge in [0, 0.05) is 17.3 Å². The molecule has 0 aliphatic carbocycles. The number of Topliss-reactive ketones (excluding diaryl/α,β-unsaturated/α-hetero) is 1. The van der Waals surface area contributed by atoms with E-state index in [1.807, 2.05) is 18.2 Å². The van der Waals surface area contributed by atoms with Crippen molar-refractivity contribution in [3.05, 3.63) is 65.2 Å².